The number of morpholine rings is 1. The molecule has 0 unspecified atom stereocenters. The number of hydrogen-bond donors (Lipinski definition) is 3. The first kappa shape index (κ1) is 18.9. The van der Waals surface area contributed by atoms with E-state index in [1.54, 1.807) is 6.07 Å². The first-order valence-electron chi connectivity index (χ1n) is 8.58. The summed E-state index contributed by atoms with van der Waals surface area (Å²) in [5.41, 5.74) is -0.712. The maximum absolute atomic E-state index is 14.5. The third-order valence-corrected chi connectivity index (χ3v) is 3.90. The van der Waals surface area contributed by atoms with Gasteiger partial charge in [0.2, 0.25) is 0 Å². The number of ether oxygens (including phenoxy) is 1. The summed E-state index contributed by atoms with van der Waals surface area (Å²) >= 11 is 0. The molecule has 1 aliphatic rings. The molecule has 2 aromatic rings. The average Bonchev–Trinajstić information content (AvgIpc) is 2.67. The molecule has 9 nitrogen and oxygen atoms in total. The molecule has 3 N–H and O–H groups in total. The minimum Gasteiger partial charge on any atom is -0.381 e. The van der Waals surface area contributed by atoms with Crippen LogP contribution < -0.4 is 16.0 Å². The van der Waals surface area contributed by atoms with E-state index in [0.29, 0.717) is 30.5 Å². The lowest BCUT2D eigenvalue weighted by molar-refractivity contribution is 0.0372. The highest BCUT2D eigenvalue weighted by Crippen LogP contribution is 2.30. The first-order chi connectivity index (χ1) is 13.0. The van der Waals surface area contributed by atoms with Gasteiger partial charge in [0.1, 0.15) is 17.6 Å². The molecule has 2 aromatic heterocycles. The summed E-state index contributed by atoms with van der Waals surface area (Å²) in [4.78, 5) is 8.02. The van der Waals surface area contributed by atoms with Gasteiger partial charge in [0.05, 0.1) is 30.8 Å². The van der Waals surface area contributed by atoms with Crippen LogP contribution >= 0.6 is 0 Å². The topological polar surface area (TPSA) is 121 Å². The smallest absolute Gasteiger partial charge is 0.158 e. The van der Waals surface area contributed by atoms with E-state index < -0.39 is 5.67 Å². The molecule has 1 aliphatic heterocycles. The lowest BCUT2D eigenvalue weighted by Crippen LogP contribution is -2.42. The number of nitrogens with one attached hydrogen (secondary N) is 3. The quantitative estimate of drug-likeness (QED) is 0.692. The van der Waals surface area contributed by atoms with Gasteiger partial charge in [-0.15, -0.1) is 10.2 Å². The van der Waals surface area contributed by atoms with E-state index in [-0.39, 0.29) is 17.5 Å². The van der Waals surface area contributed by atoms with Crippen LogP contribution in [0.15, 0.2) is 18.5 Å². The van der Waals surface area contributed by atoms with Crippen molar-refractivity contribution in [2.24, 2.45) is 0 Å². The number of rotatable bonds is 6. The number of nitrogens with zero attached hydrogens (tertiary/aromatic N) is 5. The second-order valence-electron chi connectivity index (χ2n) is 6.57. The van der Waals surface area contributed by atoms with Gasteiger partial charge in [-0.05, 0) is 13.8 Å². The minimum atomic E-state index is -1.66. The molecule has 1 atom stereocenters. The van der Waals surface area contributed by atoms with Gasteiger partial charge in [-0.2, -0.15) is 5.26 Å². The molecule has 0 amide bonds. The van der Waals surface area contributed by atoms with E-state index in [2.05, 4.69) is 36.1 Å². The monoisotopic (exact) mass is 372 g/mol. The van der Waals surface area contributed by atoms with Gasteiger partial charge in [-0.3, -0.25) is 0 Å². The summed E-state index contributed by atoms with van der Waals surface area (Å²) < 4.78 is 20.2. The van der Waals surface area contributed by atoms with Crippen LogP contribution in [-0.4, -0.2) is 52.5 Å². The Hall–Kier alpha value is -2.90. The Morgan fingerprint density at radius 2 is 2.19 bits per heavy atom. The third kappa shape index (κ3) is 5.06. The van der Waals surface area contributed by atoms with E-state index in [1.807, 2.05) is 6.07 Å². The maximum atomic E-state index is 14.5. The largest absolute Gasteiger partial charge is 0.381 e. The molecule has 1 saturated heterocycles. The first-order valence-corrected chi connectivity index (χ1v) is 8.58. The number of alkyl halides is 1. The Labute approximate surface area is 156 Å². The fourth-order valence-corrected chi connectivity index (χ4v) is 2.58. The number of halogens is 1. The molecule has 27 heavy (non-hydrogen) atoms. The summed E-state index contributed by atoms with van der Waals surface area (Å²) in [5.74, 6) is 0.786. The minimum absolute atomic E-state index is 0.0108. The molecule has 0 radical (unpaired) electrons. The van der Waals surface area contributed by atoms with Crippen LogP contribution in [-0.2, 0) is 10.4 Å². The third-order valence-electron chi connectivity index (χ3n) is 3.90. The van der Waals surface area contributed by atoms with Gasteiger partial charge in [0, 0.05) is 25.7 Å². The Kier molecular flexibility index (Phi) is 5.73. The summed E-state index contributed by atoms with van der Waals surface area (Å²) in [6.45, 7) is 5.58. The van der Waals surface area contributed by atoms with Crippen LogP contribution in [0, 0.1) is 11.3 Å². The van der Waals surface area contributed by atoms with Crippen LogP contribution in [0.2, 0.25) is 0 Å². The molecular formula is C17H21FN8O. The number of anilines is 3. The second-order valence-corrected chi connectivity index (χ2v) is 6.57. The Bertz CT molecular complexity index is 809. The van der Waals surface area contributed by atoms with Crippen LogP contribution in [0.25, 0.3) is 0 Å². The van der Waals surface area contributed by atoms with Gasteiger partial charge in [-0.1, -0.05) is 0 Å². The predicted molar refractivity (Wildman–Crippen MR) is 97.3 cm³/mol. The summed E-state index contributed by atoms with van der Waals surface area (Å²) in [6, 6.07) is 3.57. The van der Waals surface area contributed by atoms with Gasteiger partial charge in [0.15, 0.2) is 17.2 Å². The highest BCUT2D eigenvalue weighted by molar-refractivity contribution is 5.60. The molecule has 0 bridgehead atoms. The average molecular weight is 372 g/mol. The molecule has 0 aromatic carbocycles. The van der Waals surface area contributed by atoms with Crippen molar-refractivity contribution >= 4 is 17.3 Å². The predicted octanol–water partition coefficient (Wildman–Crippen LogP) is 1.49. The van der Waals surface area contributed by atoms with Gasteiger partial charge < -0.3 is 20.7 Å². The van der Waals surface area contributed by atoms with E-state index >= 15 is 0 Å². The van der Waals surface area contributed by atoms with Crippen molar-refractivity contribution in [3.8, 4) is 6.07 Å². The Balaban J connectivity index is 1.77. The maximum Gasteiger partial charge on any atom is 0.158 e. The lowest BCUT2D eigenvalue weighted by atomic mass is 10.1. The standard InChI is InChI=1S/C17H21FN8O/c1-17(2,18)16-13(22-9-12-8-20-3-4-27-12)5-14(25-26-16)24-15-10-21-11(6-19)7-23-15/h5,7,10,12,20H,3-4,8-9H2,1-2H3,(H2,22,23,24,25)/t12-/m1/s1. The number of aromatic nitrogens is 4. The number of nitriles is 1. The molecule has 0 spiro atoms. The van der Waals surface area contributed by atoms with Crippen LogP contribution in [0.1, 0.15) is 25.2 Å². The summed E-state index contributed by atoms with van der Waals surface area (Å²) in [5, 5.41) is 26.2. The van der Waals surface area contributed by atoms with Crippen molar-refractivity contribution in [3.63, 3.8) is 0 Å². The van der Waals surface area contributed by atoms with Gasteiger partial charge in [0.25, 0.3) is 0 Å². The van der Waals surface area contributed by atoms with Crippen molar-refractivity contribution < 1.29 is 9.13 Å². The van der Waals surface area contributed by atoms with Crippen LogP contribution in [0.4, 0.5) is 21.7 Å². The summed E-state index contributed by atoms with van der Waals surface area (Å²) in [7, 11) is 0. The zero-order chi connectivity index (χ0) is 19.3. The molecule has 3 rings (SSSR count). The normalized spacial score (nSPS) is 17.2. The van der Waals surface area contributed by atoms with Crippen LogP contribution in [0.3, 0.4) is 0 Å². The zero-order valence-corrected chi connectivity index (χ0v) is 15.2. The lowest BCUT2D eigenvalue weighted by Gasteiger charge is -2.25. The molecule has 0 saturated carbocycles. The Morgan fingerprint density at radius 3 is 2.81 bits per heavy atom. The van der Waals surface area contributed by atoms with Gasteiger partial charge >= 0.3 is 0 Å². The fourth-order valence-electron chi connectivity index (χ4n) is 2.58. The molecular weight excluding hydrogens is 351 g/mol. The molecule has 1 fully saturated rings. The van der Waals surface area contributed by atoms with Crippen LogP contribution in [0.5, 0.6) is 0 Å². The SMILES string of the molecule is CC(C)(F)c1nnc(Nc2cnc(C#N)cn2)cc1NC[C@H]1CNCCO1. The van der Waals surface area contributed by atoms with Gasteiger partial charge in [-0.25, -0.2) is 14.4 Å². The zero-order valence-electron chi connectivity index (χ0n) is 15.2. The van der Waals surface area contributed by atoms with Crippen molar-refractivity contribution in [1.82, 2.24) is 25.5 Å². The molecule has 3 heterocycles. The fraction of sp³-hybridized carbons (Fsp3) is 0.471. The van der Waals surface area contributed by atoms with Crippen molar-refractivity contribution in [2.45, 2.75) is 25.6 Å². The highest BCUT2D eigenvalue weighted by atomic mass is 19.1. The Morgan fingerprint density at radius 1 is 1.33 bits per heavy atom. The molecule has 0 aliphatic carbocycles. The number of hydrogen-bond acceptors (Lipinski definition) is 9. The van der Waals surface area contributed by atoms with Crippen molar-refractivity contribution in [2.75, 3.05) is 36.9 Å². The second kappa shape index (κ2) is 8.20. The van der Waals surface area contributed by atoms with E-state index in [4.69, 9.17) is 10.00 Å². The van der Waals surface area contributed by atoms with Crippen molar-refractivity contribution in [1.29, 1.82) is 5.26 Å². The van der Waals surface area contributed by atoms with E-state index in [0.717, 1.165) is 13.1 Å². The van der Waals surface area contributed by atoms with E-state index in [9.17, 15) is 4.39 Å². The molecule has 10 heteroatoms. The van der Waals surface area contributed by atoms with Crippen molar-refractivity contribution in [3.05, 3.63) is 29.8 Å². The van der Waals surface area contributed by atoms with E-state index in [1.165, 1.54) is 26.2 Å². The highest BCUT2D eigenvalue weighted by Gasteiger charge is 2.26. The summed E-state index contributed by atoms with van der Waals surface area (Å²) in [6.07, 6.45) is 2.76. The molecule has 142 valence electrons.